The monoisotopic (exact) mass is 272 g/mol. The molecule has 3 N–H and O–H groups in total. The van der Waals surface area contributed by atoms with Crippen molar-refractivity contribution in [3.63, 3.8) is 0 Å². The highest BCUT2D eigenvalue weighted by Gasteiger charge is 2.26. The Morgan fingerprint density at radius 1 is 1.20 bits per heavy atom. The Kier molecular flexibility index (Phi) is 3.22. The van der Waals surface area contributed by atoms with Crippen molar-refractivity contribution < 1.29 is 5.11 Å². The fraction of sp³-hybridized carbons (Fsp3) is 0.467. The molecule has 1 unspecified atom stereocenters. The summed E-state index contributed by atoms with van der Waals surface area (Å²) in [5, 5.41) is 11.2. The fourth-order valence-corrected chi connectivity index (χ4v) is 2.79. The van der Waals surface area contributed by atoms with Crippen LogP contribution < -0.4 is 10.6 Å². The van der Waals surface area contributed by atoms with Gasteiger partial charge in [0, 0.05) is 18.5 Å². The minimum Gasteiger partial charge on any atom is -0.390 e. The number of benzene rings is 1. The Morgan fingerprint density at radius 2 is 2.00 bits per heavy atom. The van der Waals surface area contributed by atoms with E-state index >= 15 is 0 Å². The number of nitrogens with two attached hydrogens (primary N) is 1. The first-order valence-corrected chi connectivity index (χ1v) is 7.05. The van der Waals surface area contributed by atoms with Crippen molar-refractivity contribution in [1.82, 2.24) is 9.97 Å². The van der Waals surface area contributed by atoms with Crippen LogP contribution in [0.25, 0.3) is 10.9 Å². The zero-order chi connectivity index (χ0) is 14.2. The Bertz CT molecular complexity index is 626. The van der Waals surface area contributed by atoms with Gasteiger partial charge in [0.05, 0.1) is 11.1 Å². The lowest BCUT2D eigenvalue weighted by molar-refractivity contribution is 0.0481. The van der Waals surface area contributed by atoms with E-state index in [-0.39, 0.29) is 0 Å². The molecule has 2 heterocycles. The molecule has 1 fully saturated rings. The molecule has 5 nitrogen and oxygen atoms in total. The molecular formula is C15H20N4O. The smallest absolute Gasteiger partial charge is 0.222 e. The first-order chi connectivity index (χ1) is 9.55. The molecule has 1 aromatic heterocycles. The molecule has 5 heteroatoms. The molecule has 1 aromatic carbocycles. The van der Waals surface area contributed by atoms with Gasteiger partial charge in [0.25, 0.3) is 0 Å². The standard InChI is InChI=1S/C15H20N4O/c1-15(20)7-4-9-19(10-8-15)13-11-5-2-3-6-12(11)17-14(16)18-13/h2-3,5-6,20H,4,7-10H2,1H3,(H2,16,17,18). The largest absolute Gasteiger partial charge is 0.390 e. The lowest BCUT2D eigenvalue weighted by Gasteiger charge is -2.24. The van der Waals surface area contributed by atoms with Crippen LogP contribution in [-0.2, 0) is 0 Å². The molecule has 3 rings (SSSR count). The maximum Gasteiger partial charge on any atom is 0.222 e. The Hall–Kier alpha value is -1.88. The molecule has 1 saturated heterocycles. The van der Waals surface area contributed by atoms with E-state index in [2.05, 4.69) is 14.9 Å². The van der Waals surface area contributed by atoms with Gasteiger partial charge in [-0.3, -0.25) is 0 Å². The van der Waals surface area contributed by atoms with Gasteiger partial charge in [-0.05, 0) is 38.3 Å². The third kappa shape index (κ3) is 2.54. The highest BCUT2D eigenvalue weighted by molar-refractivity contribution is 5.90. The van der Waals surface area contributed by atoms with Gasteiger partial charge < -0.3 is 15.7 Å². The van der Waals surface area contributed by atoms with Gasteiger partial charge >= 0.3 is 0 Å². The zero-order valence-electron chi connectivity index (χ0n) is 11.7. The second kappa shape index (κ2) is 4.90. The maximum atomic E-state index is 10.2. The van der Waals surface area contributed by atoms with Crippen LogP contribution in [0.1, 0.15) is 26.2 Å². The van der Waals surface area contributed by atoms with E-state index in [0.717, 1.165) is 49.1 Å². The quantitative estimate of drug-likeness (QED) is 0.830. The average molecular weight is 272 g/mol. The van der Waals surface area contributed by atoms with Crippen molar-refractivity contribution in [3.8, 4) is 0 Å². The highest BCUT2D eigenvalue weighted by atomic mass is 16.3. The summed E-state index contributed by atoms with van der Waals surface area (Å²) in [4.78, 5) is 10.9. The third-order valence-electron chi connectivity index (χ3n) is 3.96. The van der Waals surface area contributed by atoms with Gasteiger partial charge in [-0.2, -0.15) is 4.98 Å². The van der Waals surface area contributed by atoms with Gasteiger partial charge in [0.15, 0.2) is 0 Å². The highest BCUT2D eigenvalue weighted by Crippen LogP contribution is 2.29. The van der Waals surface area contributed by atoms with Crippen LogP contribution in [0.5, 0.6) is 0 Å². The second-order valence-corrected chi connectivity index (χ2v) is 5.76. The van der Waals surface area contributed by atoms with Crippen LogP contribution in [0.4, 0.5) is 11.8 Å². The number of para-hydroxylation sites is 1. The number of rotatable bonds is 1. The van der Waals surface area contributed by atoms with Crippen LogP contribution in [-0.4, -0.2) is 33.8 Å². The van der Waals surface area contributed by atoms with Gasteiger partial charge in [0.1, 0.15) is 5.82 Å². The number of hydrogen-bond donors (Lipinski definition) is 2. The number of fused-ring (bicyclic) bond motifs is 1. The third-order valence-corrected chi connectivity index (χ3v) is 3.96. The van der Waals surface area contributed by atoms with Crippen molar-refractivity contribution in [3.05, 3.63) is 24.3 Å². The minimum atomic E-state index is -0.580. The molecule has 20 heavy (non-hydrogen) atoms. The second-order valence-electron chi connectivity index (χ2n) is 5.76. The van der Waals surface area contributed by atoms with Crippen molar-refractivity contribution >= 4 is 22.7 Å². The van der Waals surface area contributed by atoms with E-state index < -0.39 is 5.60 Å². The van der Waals surface area contributed by atoms with E-state index in [4.69, 9.17) is 5.73 Å². The summed E-state index contributed by atoms with van der Waals surface area (Å²) in [6.45, 7) is 3.58. The molecule has 1 aliphatic heterocycles. The molecule has 0 amide bonds. The molecule has 1 aliphatic rings. The molecular weight excluding hydrogens is 252 g/mol. The van der Waals surface area contributed by atoms with E-state index in [9.17, 15) is 5.11 Å². The normalized spacial score (nSPS) is 23.8. The molecule has 1 atom stereocenters. The van der Waals surface area contributed by atoms with Crippen molar-refractivity contribution in [2.75, 3.05) is 23.7 Å². The van der Waals surface area contributed by atoms with Crippen molar-refractivity contribution in [2.24, 2.45) is 0 Å². The molecule has 0 radical (unpaired) electrons. The van der Waals surface area contributed by atoms with Crippen LogP contribution in [0, 0.1) is 0 Å². The van der Waals surface area contributed by atoms with Gasteiger partial charge in [-0.1, -0.05) is 12.1 Å². The molecule has 2 aromatic rings. The number of aliphatic hydroxyl groups is 1. The molecule has 106 valence electrons. The topological polar surface area (TPSA) is 75.3 Å². The van der Waals surface area contributed by atoms with Crippen molar-refractivity contribution in [2.45, 2.75) is 31.8 Å². The lowest BCUT2D eigenvalue weighted by Crippen LogP contribution is -2.29. The summed E-state index contributed by atoms with van der Waals surface area (Å²) in [6.07, 6.45) is 2.51. The minimum absolute atomic E-state index is 0.301. The zero-order valence-corrected chi connectivity index (χ0v) is 11.7. The number of hydrogen-bond acceptors (Lipinski definition) is 5. The summed E-state index contributed by atoms with van der Waals surface area (Å²) < 4.78 is 0. The SMILES string of the molecule is CC1(O)CCCN(c2nc(N)nc3ccccc23)CC1. The maximum absolute atomic E-state index is 10.2. The van der Waals surface area contributed by atoms with Gasteiger partial charge in [-0.15, -0.1) is 0 Å². The summed E-state index contributed by atoms with van der Waals surface area (Å²) in [7, 11) is 0. The summed E-state index contributed by atoms with van der Waals surface area (Å²) in [5.41, 5.74) is 6.11. The first-order valence-electron chi connectivity index (χ1n) is 7.05. The van der Waals surface area contributed by atoms with Gasteiger partial charge in [-0.25, -0.2) is 4.98 Å². The summed E-state index contributed by atoms with van der Waals surface area (Å²) >= 11 is 0. The molecule has 0 bridgehead atoms. The van der Waals surface area contributed by atoms with Crippen LogP contribution in [0.2, 0.25) is 0 Å². The number of nitrogen functional groups attached to an aromatic ring is 1. The van der Waals surface area contributed by atoms with Crippen LogP contribution >= 0.6 is 0 Å². The lowest BCUT2D eigenvalue weighted by atomic mass is 9.98. The number of aromatic nitrogens is 2. The molecule has 0 aliphatic carbocycles. The van der Waals surface area contributed by atoms with E-state index in [0.29, 0.717) is 5.95 Å². The van der Waals surface area contributed by atoms with Crippen molar-refractivity contribution in [1.29, 1.82) is 0 Å². The van der Waals surface area contributed by atoms with Crippen LogP contribution in [0.15, 0.2) is 24.3 Å². The Morgan fingerprint density at radius 3 is 2.85 bits per heavy atom. The van der Waals surface area contributed by atoms with Gasteiger partial charge in [0.2, 0.25) is 5.95 Å². The summed E-state index contributed by atoms with van der Waals surface area (Å²) in [6, 6.07) is 7.91. The number of nitrogens with zero attached hydrogens (tertiary/aromatic N) is 3. The molecule has 0 spiro atoms. The predicted molar refractivity (Wildman–Crippen MR) is 80.6 cm³/mol. The number of anilines is 2. The average Bonchev–Trinajstić information content (AvgIpc) is 2.59. The fourth-order valence-electron chi connectivity index (χ4n) is 2.79. The van der Waals surface area contributed by atoms with Crippen LogP contribution in [0.3, 0.4) is 0 Å². The van der Waals surface area contributed by atoms with E-state index in [1.807, 2.05) is 31.2 Å². The first kappa shape index (κ1) is 13.1. The van der Waals surface area contributed by atoms with E-state index in [1.54, 1.807) is 0 Å². The Balaban J connectivity index is 2.01. The summed E-state index contributed by atoms with van der Waals surface area (Å²) in [5.74, 6) is 1.18. The van der Waals surface area contributed by atoms with E-state index in [1.165, 1.54) is 0 Å². The molecule has 0 saturated carbocycles. The predicted octanol–water partition coefficient (Wildman–Crippen LogP) is 1.95. The Labute approximate surface area is 118 Å².